The molecule has 0 heterocycles. The van der Waals surface area contributed by atoms with Crippen LogP contribution < -0.4 is 11.1 Å². The van der Waals surface area contributed by atoms with Gasteiger partial charge in [0, 0.05) is 24.8 Å². The topological polar surface area (TPSA) is 168 Å². The van der Waals surface area contributed by atoms with Gasteiger partial charge in [0.25, 0.3) is 5.91 Å². The first kappa shape index (κ1) is 27.9. The van der Waals surface area contributed by atoms with Crippen molar-refractivity contribution in [3.63, 3.8) is 0 Å². The molecule has 0 saturated heterocycles. The highest BCUT2D eigenvalue weighted by Gasteiger charge is 2.42. The third-order valence-corrected chi connectivity index (χ3v) is 5.78. The van der Waals surface area contributed by atoms with Crippen molar-refractivity contribution in [3.05, 3.63) is 29.8 Å². The lowest BCUT2D eigenvalue weighted by Crippen LogP contribution is -2.50. The van der Waals surface area contributed by atoms with Gasteiger partial charge in [-0.3, -0.25) is 9.59 Å². The molecule has 0 spiro atoms. The summed E-state index contributed by atoms with van der Waals surface area (Å²) in [5.41, 5.74) is 6.40. The number of rotatable bonds is 13. The molecule has 0 aliphatic heterocycles. The lowest BCUT2D eigenvalue weighted by atomic mass is 9.98. The number of aliphatic hydroxyl groups excluding tert-OH is 2. The maximum Gasteiger partial charge on any atom is 0.349 e. The number of aryl methyl sites for hydroxylation is 1. The Bertz CT molecular complexity index is 761. The van der Waals surface area contributed by atoms with E-state index in [-0.39, 0.29) is 19.4 Å². The van der Waals surface area contributed by atoms with Gasteiger partial charge in [-0.1, -0.05) is 29.5 Å². The average Bonchev–Trinajstić information content (AvgIpc) is 2.75. The summed E-state index contributed by atoms with van der Waals surface area (Å²) in [5.74, 6) is -2.29. The van der Waals surface area contributed by atoms with Crippen molar-refractivity contribution in [1.29, 1.82) is 0 Å². The van der Waals surface area contributed by atoms with Crippen molar-refractivity contribution in [2.75, 3.05) is 20.3 Å². The third kappa shape index (κ3) is 9.53. The van der Waals surface area contributed by atoms with E-state index < -0.39 is 54.1 Å². The molecule has 4 atom stereocenters. The van der Waals surface area contributed by atoms with Gasteiger partial charge in [0.05, 0.1) is 25.4 Å². The Balaban J connectivity index is 3.01. The fourth-order valence-electron chi connectivity index (χ4n) is 2.82. The highest BCUT2D eigenvalue weighted by Crippen LogP contribution is 2.36. The number of benzene rings is 1. The molecule has 0 radical (unpaired) electrons. The molecule has 2 unspecified atom stereocenters. The van der Waals surface area contributed by atoms with E-state index in [1.807, 2.05) is 19.1 Å². The van der Waals surface area contributed by atoms with Crippen molar-refractivity contribution in [2.24, 2.45) is 5.73 Å². The van der Waals surface area contributed by atoms with Gasteiger partial charge in [-0.05, 0) is 31.9 Å². The van der Waals surface area contributed by atoms with Crippen LogP contribution >= 0.6 is 11.8 Å². The van der Waals surface area contributed by atoms with Crippen LogP contribution in [0.25, 0.3) is 0 Å². The Morgan fingerprint density at radius 1 is 1.19 bits per heavy atom. The van der Waals surface area contributed by atoms with Crippen LogP contribution in [-0.4, -0.2) is 76.6 Å². The van der Waals surface area contributed by atoms with Gasteiger partial charge in [0.2, 0.25) is 4.93 Å². The smallest absolute Gasteiger partial charge is 0.349 e. The highest BCUT2D eigenvalue weighted by molar-refractivity contribution is 8.01. The summed E-state index contributed by atoms with van der Waals surface area (Å²) in [5, 5.41) is 34.1. The Kier molecular flexibility index (Phi) is 11.7. The fourth-order valence-corrected chi connectivity index (χ4v) is 3.90. The van der Waals surface area contributed by atoms with Gasteiger partial charge in [0.15, 0.2) is 6.61 Å². The SMILES string of the molecule is COC(=O)[C@@](O)(C[C@H](O)C(CCC(O)CN)NC(=O)COC(C)=O)Sc1ccc(C)cc1. The monoisotopic (exact) mass is 472 g/mol. The van der Waals surface area contributed by atoms with Gasteiger partial charge in [-0.15, -0.1) is 0 Å². The van der Waals surface area contributed by atoms with Crippen LogP contribution in [0, 0.1) is 6.92 Å². The predicted molar refractivity (Wildman–Crippen MR) is 117 cm³/mol. The van der Waals surface area contributed by atoms with Gasteiger partial charge < -0.3 is 35.8 Å². The summed E-state index contributed by atoms with van der Waals surface area (Å²) >= 11 is 0.810. The van der Waals surface area contributed by atoms with Crippen LogP contribution in [-0.2, 0) is 23.9 Å². The number of nitrogens with one attached hydrogen (secondary N) is 1. The fraction of sp³-hybridized carbons (Fsp3) is 0.571. The van der Waals surface area contributed by atoms with Crippen molar-refractivity contribution in [1.82, 2.24) is 5.32 Å². The van der Waals surface area contributed by atoms with E-state index in [1.54, 1.807) is 12.1 Å². The maximum absolute atomic E-state index is 12.4. The molecule has 6 N–H and O–H groups in total. The molecule has 1 aromatic rings. The van der Waals surface area contributed by atoms with E-state index in [1.165, 1.54) is 0 Å². The first-order valence-corrected chi connectivity index (χ1v) is 10.9. The molecule has 0 aliphatic rings. The van der Waals surface area contributed by atoms with Crippen LogP contribution in [0.3, 0.4) is 0 Å². The first-order chi connectivity index (χ1) is 15.0. The van der Waals surface area contributed by atoms with E-state index in [9.17, 15) is 29.7 Å². The minimum atomic E-state index is -2.14. The Hall–Kier alpha value is -2.18. The number of carbonyl (C=O) groups excluding carboxylic acids is 3. The van der Waals surface area contributed by atoms with Gasteiger partial charge in [0.1, 0.15) is 0 Å². The van der Waals surface area contributed by atoms with Crippen LogP contribution in [0.15, 0.2) is 29.2 Å². The second-order valence-corrected chi connectivity index (χ2v) is 8.73. The number of nitrogens with two attached hydrogens (primary N) is 1. The summed E-state index contributed by atoms with van der Waals surface area (Å²) in [6, 6.07) is 6.09. The maximum atomic E-state index is 12.4. The Morgan fingerprint density at radius 3 is 2.34 bits per heavy atom. The first-order valence-electron chi connectivity index (χ1n) is 10.1. The second kappa shape index (κ2) is 13.4. The van der Waals surface area contributed by atoms with Crippen LogP contribution in [0.2, 0.25) is 0 Å². The van der Waals surface area contributed by atoms with E-state index in [0.29, 0.717) is 4.90 Å². The number of esters is 2. The zero-order valence-corrected chi connectivity index (χ0v) is 19.3. The molecule has 0 fully saturated rings. The number of amides is 1. The van der Waals surface area contributed by atoms with Gasteiger partial charge in [-0.2, -0.15) is 0 Å². The molecule has 1 rings (SSSR count). The van der Waals surface area contributed by atoms with Gasteiger partial charge in [-0.25, -0.2) is 4.79 Å². The summed E-state index contributed by atoms with van der Waals surface area (Å²) in [6.45, 7) is 2.47. The zero-order chi connectivity index (χ0) is 24.3. The molecule has 180 valence electrons. The highest BCUT2D eigenvalue weighted by atomic mass is 32.2. The Labute approximate surface area is 191 Å². The molecule has 0 bridgehead atoms. The number of carbonyl (C=O) groups is 3. The standard InChI is InChI=1S/C21H32N2O8S/c1-13-4-7-16(8-5-13)32-21(29,20(28)30-3)10-18(26)17(9-6-15(25)11-22)23-19(27)12-31-14(2)24/h4-5,7-8,15,17-18,25-26,29H,6,9-12,22H2,1-3H3,(H,23,27)/t15?,17?,18-,21+/m0/s1. The largest absolute Gasteiger partial charge is 0.466 e. The molecule has 32 heavy (non-hydrogen) atoms. The summed E-state index contributed by atoms with van der Waals surface area (Å²) in [4.78, 5) is 33.8. The average molecular weight is 473 g/mol. The summed E-state index contributed by atoms with van der Waals surface area (Å²) in [6.07, 6.45) is -2.50. The molecule has 0 aromatic heterocycles. The van der Waals surface area contributed by atoms with Crippen molar-refractivity contribution >= 4 is 29.6 Å². The zero-order valence-electron chi connectivity index (χ0n) is 18.4. The number of thioether (sulfide) groups is 1. The van der Waals surface area contributed by atoms with Crippen molar-refractivity contribution in [2.45, 2.75) is 61.2 Å². The third-order valence-electron chi connectivity index (χ3n) is 4.60. The van der Waals surface area contributed by atoms with E-state index in [2.05, 4.69) is 10.1 Å². The normalized spacial score (nSPS) is 15.7. The molecule has 0 aliphatic carbocycles. The molecule has 11 heteroatoms. The number of aliphatic hydroxyl groups is 3. The number of ether oxygens (including phenoxy) is 2. The van der Waals surface area contributed by atoms with E-state index in [0.717, 1.165) is 31.4 Å². The molecular formula is C21H32N2O8S. The second-order valence-electron chi connectivity index (χ2n) is 7.38. The molecule has 1 amide bonds. The minimum absolute atomic E-state index is 0.0143. The molecule has 0 saturated carbocycles. The van der Waals surface area contributed by atoms with E-state index in [4.69, 9.17) is 10.5 Å². The Morgan fingerprint density at radius 2 is 1.81 bits per heavy atom. The summed E-state index contributed by atoms with van der Waals surface area (Å²) in [7, 11) is 1.12. The molecular weight excluding hydrogens is 440 g/mol. The van der Waals surface area contributed by atoms with Crippen molar-refractivity contribution in [3.8, 4) is 0 Å². The number of hydrogen-bond donors (Lipinski definition) is 5. The molecule has 10 nitrogen and oxygen atoms in total. The summed E-state index contributed by atoms with van der Waals surface area (Å²) < 4.78 is 9.38. The lowest BCUT2D eigenvalue weighted by molar-refractivity contribution is -0.155. The van der Waals surface area contributed by atoms with Crippen LogP contribution in [0.1, 0.15) is 31.7 Å². The van der Waals surface area contributed by atoms with Crippen molar-refractivity contribution < 1.29 is 39.2 Å². The minimum Gasteiger partial charge on any atom is -0.466 e. The lowest BCUT2D eigenvalue weighted by Gasteiger charge is -2.31. The number of methoxy groups -OCH3 is 1. The predicted octanol–water partition coefficient (Wildman–Crippen LogP) is -0.153. The van der Waals surface area contributed by atoms with Crippen LogP contribution in [0.4, 0.5) is 0 Å². The van der Waals surface area contributed by atoms with Gasteiger partial charge >= 0.3 is 11.9 Å². The quantitative estimate of drug-likeness (QED) is 0.148. The molecule has 1 aromatic carbocycles. The van der Waals surface area contributed by atoms with E-state index >= 15 is 0 Å². The number of hydrogen-bond acceptors (Lipinski definition) is 10. The van der Waals surface area contributed by atoms with Crippen LogP contribution in [0.5, 0.6) is 0 Å².